The number of thiazole rings is 1. The molecular weight excluding hydrogens is 376 g/mol. The standard InChI is InChI=1S/C20H16N4O3S/c1-13(19(26)22-20-21-16(12-28-20)17-8-5-11-27-17)24-18(25)10-9-15(23-24)14-6-3-2-4-7-14/h2-13H,1H3,(H,21,22,26)/t13-/m0/s1. The van der Waals surface area contributed by atoms with E-state index in [9.17, 15) is 9.59 Å². The zero-order valence-electron chi connectivity index (χ0n) is 14.9. The first-order valence-electron chi connectivity index (χ1n) is 8.57. The van der Waals surface area contributed by atoms with Crippen LogP contribution in [0.3, 0.4) is 0 Å². The summed E-state index contributed by atoms with van der Waals surface area (Å²) in [6.45, 7) is 1.62. The summed E-state index contributed by atoms with van der Waals surface area (Å²) >= 11 is 1.28. The maximum Gasteiger partial charge on any atom is 0.267 e. The molecule has 0 unspecified atom stereocenters. The van der Waals surface area contributed by atoms with Gasteiger partial charge in [-0.15, -0.1) is 11.3 Å². The van der Waals surface area contributed by atoms with Crippen LogP contribution in [0.25, 0.3) is 22.7 Å². The fourth-order valence-corrected chi connectivity index (χ4v) is 3.36. The molecule has 0 spiro atoms. The van der Waals surface area contributed by atoms with Gasteiger partial charge < -0.3 is 9.73 Å². The van der Waals surface area contributed by atoms with E-state index in [-0.39, 0.29) is 11.5 Å². The first-order chi connectivity index (χ1) is 13.6. The van der Waals surface area contributed by atoms with Crippen molar-refractivity contribution in [3.63, 3.8) is 0 Å². The lowest BCUT2D eigenvalue weighted by atomic mass is 10.1. The maximum absolute atomic E-state index is 12.6. The summed E-state index contributed by atoms with van der Waals surface area (Å²) in [5.41, 5.74) is 1.78. The van der Waals surface area contributed by atoms with Gasteiger partial charge in [-0.1, -0.05) is 30.3 Å². The first-order valence-corrected chi connectivity index (χ1v) is 9.45. The highest BCUT2D eigenvalue weighted by atomic mass is 32.1. The van der Waals surface area contributed by atoms with Gasteiger partial charge in [0.2, 0.25) is 0 Å². The lowest BCUT2D eigenvalue weighted by Gasteiger charge is -2.14. The average molecular weight is 392 g/mol. The van der Waals surface area contributed by atoms with E-state index in [1.165, 1.54) is 22.1 Å². The summed E-state index contributed by atoms with van der Waals surface area (Å²) < 4.78 is 6.48. The Morgan fingerprint density at radius 3 is 2.68 bits per heavy atom. The molecule has 0 radical (unpaired) electrons. The van der Waals surface area contributed by atoms with Gasteiger partial charge in [0.1, 0.15) is 11.7 Å². The molecule has 28 heavy (non-hydrogen) atoms. The Bertz CT molecular complexity index is 1150. The van der Waals surface area contributed by atoms with Crippen LogP contribution in [0.1, 0.15) is 13.0 Å². The Kier molecular flexibility index (Phi) is 4.86. The minimum atomic E-state index is -0.799. The van der Waals surface area contributed by atoms with Crippen LogP contribution in [-0.2, 0) is 4.79 Å². The van der Waals surface area contributed by atoms with Gasteiger partial charge in [0.25, 0.3) is 11.5 Å². The fourth-order valence-electron chi connectivity index (χ4n) is 2.66. The van der Waals surface area contributed by atoms with Crippen molar-refractivity contribution in [3.05, 3.63) is 76.6 Å². The average Bonchev–Trinajstić information content (AvgIpc) is 3.40. The summed E-state index contributed by atoms with van der Waals surface area (Å²) in [5, 5.41) is 9.32. The van der Waals surface area contributed by atoms with Crippen molar-refractivity contribution in [3.8, 4) is 22.7 Å². The van der Waals surface area contributed by atoms with Crippen LogP contribution >= 0.6 is 11.3 Å². The minimum absolute atomic E-state index is 0.349. The monoisotopic (exact) mass is 392 g/mol. The molecular formula is C20H16N4O3S. The van der Waals surface area contributed by atoms with Crippen molar-refractivity contribution < 1.29 is 9.21 Å². The van der Waals surface area contributed by atoms with Crippen LogP contribution in [0, 0.1) is 0 Å². The number of carbonyl (C=O) groups excluding carboxylic acids is 1. The number of nitrogens with one attached hydrogen (secondary N) is 1. The van der Waals surface area contributed by atoms with E-state index in [4.69, 9.17) is 4.42 Å². The van der Waals surface area contributed by atoms with E-state index in [0.717, 1.165) is 5.56 Å². The highest BCUT2D eigenvalue weighted by Crippen LogP contribution is 2.25. The fraction of sp³-hybridized carbons (Fsp3) is 0.100. The summed E-state index contributed by atoms with van der Waals surface area (Å²) in [4.78, 5) is 29.2. The molecule has 1 amide bonds. The molecule has 0 bridgehead atoms. The molecule has 8 heteroatoms. The molecule has 4 aromatic rings. The largest absolute Gasteiger partial charge is 0.463 e. The highest BCUT2D eigenvalue weighted by Gasteiger charge is 2.20. The number of amides is 1. The summed E-state index contributed by atoms with van der Waals surface area (Å²) in [5.74, 6) is 0.249. The zero-order valence-corrected chi connectivity index (χ0v) is 15.7. The SMILES string of the molecule is C[C@@H](C(=O)Nc1nc(-c2ccco2)cs1)n1nc(-c2ccccc2)ccc1=O. The van der Waals surface area contributed by atoms with Crippen molar-refractivity contribution in [1.82, 2.24) is 14.8 Å². The second-order valence-electron chi connectivity index (χ2n) is 6.05. The van der Waals surface area contributed by atoms with E-state index < -0.39 is 6.04 Å². The number of furan rings is 1. The number of hydrogen-bond donors (Lipinski definition) is 1. The van der Waals surface area contributed by atoms with Crippen LogP contribution in [0.5, 0.6) is 0 Å². The van der Waals surface area contributed by atoms with E-state index in [1.54, 1.807) is 36.8 Å². The van der Waals surface area contributed by atoms with Crippen molar-refractivity contribution in [2.75, 3.05) is 5.32 Å². The third-order valence-corrected chi connectivity index (χ3v) is 4.91. The predicted octanol–water partition coefficient (Wildman–Crippen LogP) is 3.83. The van der Waals surface area contributed by atoms with Crippen molar-refractivity contribution >= 4 is 22.4 Å². The predicted molar refractivity (Wildman–Crippen MR) is 107 cm³/mol. The number of anilines is 1. The molecule has 1 aromatic carbocycles. The summed E-state index contributed by atoms with van der Waals surface area (Å²) in [6, 6.07) is 15.3. The molecule has 0 fully saturated rings. The summed E-state index contributed by atoms with van der Waals surface area (Å²) in [6.07, 6.45) is 1.56. The number of benzene rings is 1. The second-order valence-corrected chi connectivity index (χ2v) is 6.91. The quantitative estimate of drug-likeness (QED) is 0.557. The van der Waals surface area contributed by atoms with Gasteiger partial charge in [0.05, 0.1) is 12.0 Å². The number of hydrogen-bond acceptors (Lipinski definition) is 6. The molecule has 3 heterocycles. The Balaban J connectivity index is 1.55. The van der Waals surface area contributed by atoms with Gasteiger partial charge >= 0.3 is 0 Å². The molecule has 4 rings (SSSR count). The van der Waals surface area contributed by atoms with Gasteiger partial charge in [-0.2, -0.15) is 5.10 Å². The first kappa shape index (κ1) is 17.9. The van der Waals surface area contributed by atoms with Crippen LogP contribution < -0.4 is 10.9 Å². The van der Waals surface area contributed by atoms with Crippen LogP contribution in [0.4, 0.5) is 5.13 Å². The van der Waals surface area contributed by atoms with Gasteiger partial charge in [-0.3, -0.25) is 9.59 Å². The third-order valence-electron chi connectivity index (χ3n) is 4.15. The van der Waals surface area contributed by atoms with E-state index in [1.807, 2.05) is 30.3 Å². The lowest BCUT2D eigenvalue weighted by Crippen LogP contribution is -2.33. The van der Waals surface area contributed by atoms with Gasteiger partial charge in [0.15, 0.2) is 10.9 Å². The molecule has 1 atom stereocenters. The van der Waals surface area contributed by atoms with Crippen LogP contribution in [-0.4, -0.2) is 20.7 Å². The molecule has 1 N–H and O–H groups in total. The molecule has 0 aliphatic rings. The molecule has 0 saturated heterocycles. The second kappa shape index (κ2) is 7.61. The van der Waals surface area contributed by atoms with Gasteiger partial charge in [0, 0.05) is 17.0 Å². The van der Waals surface area contributed by atoms with E-state index in [2.05, 4.69) is 15.4 Å². The van der Waals surface area contributed by atoms with Crippen LogP contribution in [0.15, 0.2) is 75.5 Å². The zero-order chi connectivity index (χ0) is 19.5. The smallest absolute Gasteiger partial charge is 0.267 e. The Hall–Kier alpha value is -3.52. The minimum Gasteiger partial charge on any atom is -0.463 e. The molecule has 0 saturated carbocycles. The Labute approximate surface area is 164 Å². The third kappa shape index (κ3) is 3.63. The number of nitrogens with zero attached hydrogens (tertiary/aromatic N) is 3. The normalized spacial score (nSPS) is 11.9. The van der Waals surface area contributed by atoms with Gasteiger partial charge in [-0.05, 0) is 25.1 Å². The maximum atomic E-state index is 12.6. The van der Waals surface area contributed by atoms with Crippen LogP contribution in [0.2, 0.25) is 0 Å². The Morgan fingerprint density at radius 2 is 1.93 bits per heavy atom. The molecule has 0 aliphatic heterocycles. The Morgan fingerprint density at radius 1 is 1.11 bits per heavy atom. The lowest BCUT2D eigenvalue weighted by molar-refractivity contribution is -0.119. The van der Waals surface area contributed by atoms with Crippen molar-refractivity contribution in [2.24, 2.45) is 0 Å². The number of carbonyl (C=O) groups is 1. The van der Waals surface area contributed by atoms with E-state index >= 15 is 0 Å². The molecule has 140 valence electrons. The molecule has 7 nitrogen and oxygen atoms in total. The topological polar surface area (TPSA) is 90.0 Å². The number of aromatic nitrogens is 3. The number of rotatable bonds is 5. The summed E-state index contributed by atoms with van der Waals surface area (Å²) in [7, 11) is 0. The highest BCUT2D eigenvalue weighted by molar-refractivity contribution is 7.14. The molecule has 0 aliphatic carbocycles. The van der Waals surface area contributed by atoms with Gasteiger partial charge in [-0.25, -0.2) is 9.67 Å². The molecule has 3 aromatic heterocycles. The van der Waals surface area contributed by atoms with Crippen molar-refractivity contribution in [1.29, 1.82) is 0 Å². The van der Waals surface area contributed by atoms with E-state index in [0.29, 0.717) is 22.3 Å². The van der Waals surface area contributed by atoms with Crippen molar-refractivity contribution in [2.45, 2.75) is 13.0 Å².